The van der Waals surface area contributed by atoms with Crippen LogP contribution >= 0.6 is 11.3 Å². The molecule has 21 heavy (non-hydrogen) atoms. The number of esters is 1. The lowest BCUT2D eigenvalue weighted by atomic mass is 10.2. The van der Waals surface area contributed by atoms with E-state index in [4.69, 9.17) is 9.47 Å². The Balaban J connectivity index is 2.20. The standard InChI is InChI=1S/C15H18N2O3S/c1-5-20-14(18)13-10(3)21-15(17-13)16-12-7-6-11(19-4)8-9(12)2/h6-8H,5H2,1-4H3,(H,16,17). The van der Waals surface area contributed by atoms with E-state index in [9.17, 15) is 4.79 Å². The molecule has 6 heteroatoms. The highest BCUT2D eigenvalue weighted by molar-refractivity contribution is 7.15. The van der Waals surface area contributed by atoms with Gasteiger partial charge in [0.1, 0.15) is 5.75 Å². The van der Waals surface area contributed by atoms with Crippen molar-refractivity contribution in [1.29, 1.82) is 0 Å². The van der Waals surface area contributed by atoms with Crippen LogP contribution in [0, 0.1) is 13.8 Å². The first-order valence-electron chi connectivity index (χ1n) is 6.61. The molecule has 5 nitrogen and oxygen atoms in total. The zero-order chi connectivity index (χ0) is 15.4. The second-order valence-corrected chi connectivity index (χ2v) is 5.65. The van der Waals surface area contributed by atoms with E-state index in [0.29, 0.717) is 17.4 Å². The second kappa shape index (κ2) is 6.58. The van der Waals surface area contributed by atoms with Crippen LogP contribution in [0.15, 0.2) is 18.2 Å². The summed E-state index contributed by atoms with van der Waals surface area (Å²) in [6, 6.07) is 5.74. The molecule has 1 aromatic heterocycles. The minimum Gasteiger partial charge on any atom is -0.497 e. The minimum atomic E-state index is -0.384. The maximum atomic E-state index is 11.8. The van der Waals surface area contributed by atoms with E-state index < -0.39 is 0 Å². The zero-order valence-corrected chi connectivity index (χ0v) is 13.3. The van der Waals surface area contributed by atoms with E-state index in [-0.39, 0.29) is 5.97 Å². The number of aryl methyl sites for hydroxylation is 2. The number of hydrogen-bond acceptors (Lipinski definition) is 6. The third kappa shape index (κ3) is 3.52. The molecule has 1 aromatic carbocycles. The summed E-state index contributed by atoms with van der Waals surface area (Å²) in [6.45, 7) is 5.96. The molecule has 0 unspecified atom stereocenters. The Morgan fingerprint density at radius 1 is 1.38 bits per heavy atom. The van der Waals surface area contributed by atoms with Crippen LogP contribution in [0.25, 0.3) is 0 Å². The molecule has 112 valence electrons. The molecule has 0 saturated heterocycles. The van der Waals surface area contributed by atoms with Gasteiger partial charge in [0.25, 0.3) is 0 Å². The topological polar surface area (TPSA) is 60.5 Å². The lowest BCUT2D eigenvalue weighted by Crippen LogP contribution is -2.06. The van der Waals surface area contributed by atoms with Crippen molar-refractivity contribution >= 4 is 28.1 Å². The Kier molecular flexibility index (Phi) is 4.80. The van der Waals surface area contributed by atoms with E-state index in [0.717, 1.165) is 21.9 Å². The largest absolute Gasteiger partial charge is 0.497 e. The highest BCUT2D eigenvalue weighted by atomic mass is 32.1. The van der Waals surface area contributed by atoms with Crippen LogP contribution in [0.4, 0.5) is 10.8 Å². The van der Waals surface area contributed by atoms with E-state index in [1.807, 2.05) is 32.0 Å². The SMILES string of the molecule is CCOC(=O)c1nc(Nc2ccc(OC)cc2C)sc1C. The fraction of sp³-hybridized carbons (Fsp3) is 0.333. The van der Waals surface area contributed by atoms with Crippen molar-refractivity contribution in [3.63, 3.8) is 0 Å². The van der Waals surface area contributed by atoms with E-state index in [2.05, 4.69) is 10.3 Å². The lowest BCUT2D eigenvalue weighted by Gasteiger charge is -2.08. The number of carbonyl (C=O) groups is 1. The van der Waals surface area contributed by atoms with Crippen molar-refractivity contribution in [3.8, 4) is 5.75 Å². The fourth-order valence-corrected chi connectivity index (χ4v) is 2.67. The molecule has 0 atom stereocenters. The highest BCUT2D eigenvalue weighted by Crippen LogP contribution is 2.29. The number of nitrogens with one attached hydrogen (secondary N) is 1. The number of aromatic nitrogens is 1. The van der Waals surface area contributed by atoms with Gasteiger partial charge in [-0.1, -0.05) is 0 Å². The highest BCUT2D eigenvalue weighted by Gasteiger charge is 2.16. The van der Waals surface area contributed by atoms with Crippen LogP contribution in [0.2, 0.25) is 0 Å². The van der Waals surface area contributed by atoms with Gasteiger partial charge in [0.2, 0.25) is 0 Å². The van der Waals surface area contributed by atoms with Crippen LogP contribution < -0.4 is 10.1 Å². The normalized spacial score (nSPS) is 10.3. The number of hydrogen-bond donors (Lipinski definition) is 1. The fourth-order valence-electron chi connectivity index (χ4n) is 1.86. The molecule has 0 amide bonds. The maximum Gasteiger partial charge on any atom is 0.358 e. The molecule has 0 aliphatic rings. The number of benzene rings is 1. The summed E-state index contributed by atoms with van der Waals surface area (Å²) in [5, 5.41) is 3.90. The molecule has 0 aliphatic carbocycles. The number of methoxy groups -OCH3 is 1. The van der Waals surface area contributed by atoms with Crippen molar-refractivity contribution < 1.29 is 14.3 Å². The molecule has 0 radical (unpaired) electrons. The monoisotopic (exact) mass is 306 g/mol. The smallest absolute Gasteiger partial charge is 0.358 e. The first kappa shape index (κ1) is 15.3. The third-order valence-electron chi connectivity index (χ3n) is 2.94. The number of carbonyl (C=O) groups excluding carboxylic acids is 1. The molecule has 1 N–H and O–H groups in total. The first-order valence-corrected chi connectivity index (χ1v) is 7.43. The van der Waals surface area contributed by atoms with Crippen molar-refractivity contribution in [2.75, 3.05) is 19.0 Å². The van der Waals surface area contributed by atoms with Gasteiger partial charge < -0.3 is 14.8 Å². The molecular weight excluding hydrogens is 288 g/mol. The third-order valence-corrected chi connectivity index (χ3v) is 3.83. The molecule has 2 rings (SSSR count). The van der Waals surface area contributed by atoms with Crippen LogP contribution in [-0.4, -0.2) is 24.7 Å². The first-order chi connectivity index (χ1) is 10.0. The summed E-state index contributed by atoms with van der Waals surface area (Å²) in [7, 11) is 1.64. The summed E-state index contributed by atoms with van der Waals surface area (Å²) in [6.07, 6.45) is 0. The maximum absolute atomic E-state index is 11.8. The predicted molar refractivity (Wildman–Crippen MR) is 83.8 cm³/mol. The Labute approximate surface area is 127 Å². The van der Waals surface area contributed by atoms with E-state index in [1.165, 1.54) is 11.3 Å². The number of ether oxygens (including phenoxy) is 2. The number of anilines is 2. The summed E-state index contributed by atoms with van der Waals surface area (Å²) >= 11 is 1.43. The van der Waals surface area contributed by atoms with Crippen LogP contribution in [0.3, 0.4) is 0 Å². The van der Waals surface area contributed by atoms with Gasteiger partial charge in [-0.3, -0.25) is 0 Å². The van der Waals surface area contributed by atoms with Gasteiger partial charge in [-0.15, -0.1) is 11.3 Å². The van der Waals surface area contributed by atoms with Crippen LogP contribution in [0.5, 0.6) is 5.75 Å². The minimum absolute atomic E-state index is 0.343. The van der Waals surface area contributed by atoms with Gasteiger partial charge in [-0.05, 0) is 44.5 Å². The molecule has 0 saturated carbocycles. The van der Waals surface area contributed by atoms with Crippen molar-refractivity contribution in [1.82, 2.24) is 4.98 Å². The summed E-state index contributed by atoms with van der Waals surface area (Å²) in [4.78, 5) is 16.9. The average Bonchev–Trinajstić information content (AvgIpc) is 2.82. The predicted octanol–water partition coefficient (Wildman–Crippen LogP) is 3.69. The van der Waals surface area contributed by atoms with Crippen molar-refractivity contribution in [2.45, 2.75) is 20.8 Å². The van der Waals surface area contributed by atoms with Crippen molar-refractivity contribution in [3.05, 3.63) is 34.3 Å². The Morgan fingerprint density at radius 2 is 2.14 bits per heavy atom. The van der Waals surface area contributed by atoms with Gasteiger partial charge in [0, 0.05) is 10.6 Å². The van der Waals surface area contributed by atoms with Gasteiger partial charge in [-0.2, -0.15) is 0 Å². The van der Waals surface area contributed by atoms with Crippen molar-refractivity contribution in [2.24, 2.45) is 0 Å². The Bertz CT molecular complexity index is 652. The average molecular weight is 306 g/mol. The lowest BCUT2D eigenvalue weighted by molar-refractivity contribution is 0.0519. The molecule has 0 aliphatic heterocycles. The van der Waals surface area contributed by atoms with Gasteiger partial charge in [-0.25, -0.2) is 9.78 Å². The summed E-state index contributed by atoms with van der Waals surface area (Å²) < 4.78 is 10.2. The quantitative estimate of drug-likeness (QED) is 0.854. The molecule has 0 spiro atoms. The molecule has 2 aromatic rings. The van der Waals surface area contributed by atoms with E-state index >= 15 is 0 Å². The molecular formula is C15H18N2O3S. The Hall–Kier alpha value is -2.08. The van der Waals surface area contributed by atoms with Crippen LogP contribution in [0.1, 0.15) is 27.9 Å². The molecule has 0 fully saturated rings. The summed E-state index contributed by atoms with van der Waals surface area (Å²) in [5.41, 5.74) is 2.34. The molecule has 1 heterocycles. The second-order valence-electron chi connectivity index (χ2n) is 4.45. The van der Waals surface area contributed by atoms with Gasteiger partial charge >= 0.3 is 5.97 Å². The summed E-state index contributed by atoms with van der Waals surface area (Å²) in [5.74, 6) is 0.423. The number of rotatable bonds is 5. The molecule has 0 bridgehead atoms. The zero-order valence-electron chi connectivity index (χ0n) is 12.5. The van der Waals surface area contributed by atoms with E-state index in [1.54, 1.807) is 14.0 Å². The number of thiazole rings is 1. The number of nitrogens with zero attached hydrogens (tertiary/aromatic N) is 1. The van der Waals surface area contributed by atoms with Gasteiger partial charge in [0.15, 0.2) is 10.8 Å². The van der Waals surface area contributed by atoms with Gasteiger partial charge in [0.05, 0.1) is 13.7 Å². The van der Waals surface area contributed by atoms with Crippen LogP contribution in [-0.2, 0) is 4.74 Å². The Morgan fingerprint density at radius 3 is 2.76 bits per heavy atom.